The van der Waals surface area contributed by atoms with Crippen molar-refractivity contribution >= 4 is 39.3 Å². The number of carbonyl (C=O) groups is 1. The topological polar surface area (TPSA) is 75.3 Å². The second-order valence-electron chi connectivity index (χ2n) is 5.62. The minimum atomic E-state index is -3.77. The minimum Gasteiger partial charge on any atom is -0.351 e. The summed E-state index contributed by atoms with van der Waals surface area (Å²) in [6.45, 7) is 0.280. The zero-order valence-corrected chi connectivity index (χ0v) is 16.7. The fraction of sp³-hybridized carbons (Fsp3) is 0.278. The van der Waals surface area contributed by atoms with E-state index in [0.29, 0.717) is 17.2 Å². The van der Waals surface area contributed by atoms with Crippen LogP contribution in [0.25, 0.3) is 0 Å². The standard InChI is InChI=1S/C18H21ClN2O3S2/c1-25-11-10-17(21-26(23,24)16-8-3-2-4-9-16)18(22)20-13-14-6-5-7-15(19)12-14/h2-9,12,17,21H,10-11,13H2,1H3,(H,20,22)/t17-/m1/s1. The van der Waals surface area contributed by atoms with Gasteiger partial charge in [0.05, 0.1) is 4.90 Å². The van der Waals surface area contributed by atoms with Crippen LogP contribution in [0.1, 0.15) is 12.0 Å². The number of amides is 1. The Hall–Kier alpha value is -1.54. The summed E-state index contributed by atoms with van der Waals surface area (Å²) in [5, 5.41) is 3.36. The molecular formula is C18H21ClN2O3S2. The van der Waals surface area contributed by atoms with E-state index in [0.717, 1.165) is 5.56 Å². The number of hydrogen-bond donors (Lipinski definition) is 2. The van der Waals surface area contributed by atoms with Crippen LogP contribution in [0.3, 0.4) is 0 Å². The Bertz CT molecular complexity index is 829. The molecule has 8 heteroatoms. The van der Waals surface area contributed by atoms with Crippen LogP contribution in [0.5, 0.6) is 0 Å². The molecule has 0 heterocycles. The van der Waals surface area contributed by atoms with E-state index in [2.05, 4.69) is 10.0 Å². The molecule has 0 saturated heterocycles. The Balaban J connectivity index is 2.07. The van der Waals surface area contributed by atoms with Gasteiger partial charge in [-0.1, -0.05) is 41.9 Å². The lowest BCUT2D eigenvalue weighted by molar-refractivity contribution is -0.122. The summed E-state index contributed by atoms with van der Waals surface area (Å²) >= 11 is 7.49. The van der Waals surface area contributed by atoms with Gasteiger partial charge in [0.1, 0.15) is 6.04 Å². The predicted octanol–water partition coefficient (Wildman–Crippen LogP) is 3.06. The van der Waals surface area contributed by atoms with Crippen LogP contribution in [-0.4, -0.2) is 32.4 Å². The average molecular weight is 413 g/mol. The van der Waals surface area contributed by atoms with Crippen molar-refractivity contribution in [2.45, 2.75) is 23.9 Å². The van der Waals surface area contributed by atoms with E-state index in [9.17, 15) is 13.2 Å². The molecule has 0 aromatic heterocycles. The number of nitrogens with one attached hydrogen (secondary N) is 2. The summed E-state index contributed by atoms with van der Waals surface area (Å²) in [4.78, 5) is 12.7. The van der Waals surface area contributed by atoms with Crippen LogP contribution < -0.4 is 10.0 Å². The summed E-state index contributed by atoms with van der Waals surface area (Å²) < 4.78 is 27.5. The van der Waals surface area contributed by atoms with Crippen molar-refractivity contribution in [3.8, 4) is 0 Å². The van der Waals surface area contributed by atoms with Crippen LogP contribution in [0, 0.1) is 0 Å². The van der Waals surface area contributed by atoms with E-state index >= 15 is 0 Å². The van der Waals surface area contributed by atoms with E-state index in [1.165, 1.54) is 12.1 Å². The zero-order chi connectivity index (χ0) is 19.0. The normalized spacial score (nSPS) is 12.5. The van der Waals surface area contributed by atoms with E-state index in [1.807, 2.05) is 12.3 Å². The number of halogens is 1. The van der Waals surface area contributed by atoms with Crippen molar-refractivity contribution < 1.29 is 13.2 Å². The van der Waals surface area contributed by atoms with Gasteiger partial charge < -0.3 is 5.32 Å². The summed E-state index contributed by atoms with van der Waals surface area (Å²) in [6.07, 6.45) is 2.31. The van der Waals surface area contributed by atoms with Gasteiger partial charge in [-0.25, -0.2) is 8.42 Å². The number of rotatable bonds is 9. The Kier molecular flexibility index (Phi) is 7.96. The summed E-state index contributed by atoms with van der Waals surface area (Å²) in [6, 6.07) is 14.3. The fourth-order valence-electron chi connectivity index (χ4n) is 2.29. The van der Waals surface area contributed by atoms with E-state index in [-0.39, 0.29) is 17.3 Å². The zero-order valence-electron chi connectivity index (χ0n) is 14.3. The molecule has 5 nitrogen and oxygen atoms in total. The smallest absolute Gasteiger partial charge is 0.241 e. The average Bonchev–Trinajstić information content (AvgIpc) is 2.64. The molecule has 2 rings (SSSR count). The van der Waals surface area contributed by atoms with Gasteiger partial charge in [-0.2, -0.15) is 16.5 Å². The van der Waals surface area contributed by atoms with Gasteiger partial charge >= 0.3 is 0 Å². The van der Waals surface area contributed by atoms with Crippen molar-refractivity contribution in [2.75, 3.05) is 12.0 Å². The van der Waals surface area contributed by atoms with Crippen molar-refractivity contribution in [3.05, 3.63) is 65.2 Å². The molecule has 0 aliphatic rings. The number of benzene rings is 2. The van der Waals surface area contributed by atoms with E-state index < -0.39 is 16.1 Å². The Morgan fingerprint density at radius 3 is 2.54 bits per heavy atom. The van der Waals surface area contributed by atoms with Crippen LogP contribution in [0.2, 0.25) is 5.02 Å². The Labute approximate surface area is 163 Å². The molecule has 0 spiro atoms. The molecule has 0 aliphatic carbocycles. The monoisotopic (exact) mass is 412 g/mol. The third kappa shape index (κ3) is 6.32. The van der Waals surface area contributed by atoms with Crippen molar-refractivity contribution in [2.24, 2.45) is 0 Å². The van der Waals surface area contributed by atoms with Crippen molar-refractivity contribution in [3.63, 3.8) is 0 Å². The number of hydrogen-bond acceptors (Lipinski definition) is 4. The molecule has 0 aliphatic heterocycles. The van der Waals surface area contributed by atoms with Crippen LogP contribution in [0.15, 0.2) is 59.5 Å². The highest BCUT2D eigenvalue weighted by Gasteiger charge is 2.25. The first kappa shape index (κ1) is 20.8. The molecule has 2 N–H and O–H groups in total. The summed E-state index contributed by atoms with van der Waals surface area (Å²) in [7, 11) is -3.77. The molecule has 0 unspecified atom stereocenters. The molecular weight excluding hydrogens is 392 g/mol. The van der Waals surface area contributed by atoms with Crippen molar-refractivity contribution in [1.82, 2.24) is 10.0 Å². The molecule has 0 saturated carbocycles. The molecule has 0 bridgehead atoms. The maximum absolute atomic E-state index is 12.5. The molecule has 140 valence electrons. The molecule has 0 radical (unpaired) electrons. The number of carbonyl (C=O) groups excluding carboxylic acids is 1. The van der Waals surface area contributed by atoms with Gasteiger partial charge in [-0.3, -0.25) is 4.79 Å². The van der Waals surface area contributed by atoms with Gasteiger partial charge in [0.15, 0.2) is 0 Å². The van der Waals surface area contributed by atoms with Crippen LogP contribution >= 0.6 is 23.4 Å². The fourth-order valence-corrected chi connectivity index (χ4v) is 4.23. The van der Waals surface area contributed by atoms with Crippen molar-refractivity contribution in [1.29, 1.82) is 0 Å². The van der Waals surface area contributed by atoms with Gasteiger partial charge in [0, 0.05) is 11.6 Å². The third-order valence-electron chi connectivity index (χ3n) is 3.63. The molecule has 2 aromatic rings. The lowest BCUT2D eigenvalue weighted by Gasteiger charge is -2.18. The molecule has 1 atom stereocenters. The lowest BCUT2D eigenvalue weighted by Crippen LogP contribution is -2.46. The molecule has 26 heavy (non-hydrogen) atoms. The first-order chi connectivity index (χ1) is 12.4. The van der Waals surface area contributed by atoms with Crippen LogP contribution in [0.4, 0.5) is 0 Å². The Morgan fingerprint density at radius 1 is 1.15 bits per heavy atom. The summed E-state index contributed by atoms with van der Waals surface area (Å²) in [5.41, 5.74) is 0.848. The van der Waals surface area contributed by atoms with E-state index in [4.69, 9.17) is 11.6 Å². The first-order valence-electron chi connectivity index (χ1n) is 8.01. The Morgan fingerprint density at radius 2 is 1.88 bits per heavy atom. The quantitative estimate of drug-likeness (QED) is 0.663. The van der Waals surface area contributed by atoms with Gasteiger partial charge in [-0.05, 0) is 48.3 Å². The maximum Gasteiger partial charge on any atom is 0.241 e. The molecule has 2 aromatic carbocycles. The molecule has 0 fully saturated rings. The van der Waals surface area contributed by atoms with Gasteiger partial charge in [0.2, 0.25) is 15.9 Å². The van der Waals surface area contributed by atoms with Crippen LogP contribution in [-0.2, 0) is 21.4 Å². The van der Waals surface area contributed by atoms with Gasteiger partial charge in [0.25, 0.3) is 0 Å². The number of thioether (sulfide) groups is 1. The maximum atomic E-state index is 12.5. The second-order valence-corrected chi connectivity index (χ2v) is 8.75. The summed E-state index contributed by atoms with van der Waals surface area (Å²) in [5.74, 6) is 0.297. The molecule has 1 amide bonds. The highest BCUT2D eigenvalue weighted by Crippen LogP contribution is 2.12. The van der Waals surface area contributed by atoms with E-state index in [1.54, 1.807) is 48.2 Å². The SMILES string of the molecule is CSCC[C@@H](NS(=O)(=O)c1ccccc1)C(=O)NCc1cccc(Cl)c1. The predicted molar refractivity (Wildman–Crippen MR) is 107 cm³/mol. The minimum absolute atomic E-state index is 0.136. The number of sulfonamides is 1. The lowest BCUT2D eigenvalue weighted by atomic mass is 10.2. The first-order valence-corrected chi connectivity index (χ1v) is 11.3. The van der Waals surface area contributed by atoms with Gasteiger partial charge in [-0.15, -0.1) is 0 Å². The second kappa shape index (κ2) is 9.97. The largest absolute Gasteiger partial charge is 0.351 e. The highest BCUT2D eigenvalue weighted by atomic mass is 35.5. The third-order valence-corrected chi connectivity index (χ3v) is 6.00. The highest BCUT2D eigenvalue weighted by molar-refractivity contribution is 7.98.